The van der Waals surface area contributed by atoms with Gasteiger partial charge in [-0.1, -0.05) is 18.2 Å². The van der Waals surface area contributed by atoms with E-state index in [-0.39, 0.29) is 30.4 Å². The summed E-state index contributed by atoms with van der Waals surface area (Å²) in [5.74, 6) is -1.57. The van der Waals surface area contributed by atoms with Crippen molar-refractivity contribution >= 4 is 29.4 Å². The first-order valence-corrected chi connectivity index (χ1v) is 8.51. The summed E-state index contributed by atoms with van der Waals surface area (Å²) in [7, 11) is 0. The molecule has 1 aliphatic rings. The Morgan fingerprint density at radius 1 is 1.07 bits per heavy atom. The predicted molar refractivity (Wildman–Crippen MR) is 102 cm³/mol. The van der Waals surface area contributed by atoms with Crippen LogP contribution in [-0.2, 0) is 9.59 Å². The van der Waals surface area contributed by atoms with Crippen LogP contribution in [0.1, 0.15) is 15.9 Å². The van der Waals surface area contributed by atoms with E-state index in [2.05, 4.69) is 5.32 Å². The van der Waals surface area contributed by atoms with Gasteiger partial charge in [-0.3, -0.25) is 19.3 Å². The number of aliphatic hydroxyl groups excluding tert-OH is 1. The molecule has 142 valence electrons. The summed E-state index contributed by atoms with van der Waals surface area (Å²) in [6.45, 7) is -0.367. The number of benzene rings is 2. The number of allylic oxidation sites excluding steroid dienone is 1. The topological polar surface area (TPSA) is 86.7 Å². The van der Waals surface area contributed by atoms with Gasteiger partial charge >= 0.3 is 0 Å². The number of carbonyl (C=O) groups is 3. The summed E-state index contributed by atoms with van der Waals surface area (Å²) in [5, 5.41) is 11.7. The Labute approximate surface area is 160 Å². The third-order valence-electron chi connectivity index (χ3n) is 4.08. The molecular weight excluding hydrogens is 363 g/mol. The quantitative estimate of drug-likeness (QED) is 0.438. The molecule has 2 aromatic carbocycles. The Morgan fingerprint density at radius 3 is 2.39 bits per heavy atom. The number of aliphatic hydroxyl groups is 1. The van der Waals surface area contributed by atoms with E-state index in [0.29, 0.717) is 16.8 Å². The highest BCUT2D eigenvalue weighted by Crippen LogP contribution is 2.18. The van der Waals surface area contributed by atoms with Gasteiger partial charge in [0.25, 0.3) is 11.8 Å². The third-order valence-corrected chi connectivity index (χ3v) is 4.08. The van der Waals surface area contributed by atoms with Crippen molar-refractivity contribution in [2.24, 2.45) is 0 Å². The molecular formula is C21H17FN2O4. The van der Waals surface area contributed by atoms with Crippen LogP contribution in [0.25, 0.3) is 6.08 Å². The number of imide groups is 1. The number of rotatable bonds is 7. The molecule has 0 saturated heterocycles. The van der Waals surface area contributed by atoms with Crippen molar-refractivity contribution in [1.29, 1.82) is 0 Å². The average Bonchev–Trinajstić information content (AvgIpc) is 2.95. The number of ketones is 1. The van der Waals surface area contributed by atoms with Crippen LogP contribution in [0.3, 0.4) is 0 Å². The summed E-state index contributed by atoms with van der Waals surface area (Å²) in [4.78, 5) is 37.0. The molecule has 0 spiro atoms. The van der Waals surface area contributed by atoms with Gasteiger partial charge in [0.2, 0.25) is 0 Å². The van der Waals surface area contributed by atoms with Gasteiger partial charge in [-0.05, 0) is 48.0 Å². The number of hydrogen-bond acceptors (Lipinski definition) is 5. The fourth-order valence-electron chi connectivity index (χ4n) is 2.63. The van der Waals surface area contributed by atoms with E-state index in [4.69, 9.17) is 5.11 Å². The summed E-state index contributed by atoms with van der Waals surface area (Å²) < 4.78 is 12.9. The summed E-state index contributed by atoms with van der Waals surface area (Å²) in [6.07, 6.45) is 4.16. The smallest absolute Gasteiger partial charge is 0.277 e. The minimum atomic E-state index is -0.513. The van der Waals surface area contributed by atoms with Crippen molar-refractivity contribution < 1.29 is 23.9 Å². The largest absolute Gasteiger partial charge is 0.395 e. The van der Waals surface area contributed by atoms with Crippen LogP contribution in [0.15, 0.2) is 66.4 Å². The molecule has 0 aliphatic carbocycles. The monoisotopic (exact) mass is 380 g/mol. The molecule has 6 nitrogen and oxygen atoms in total. The highest BCUT2D eigenvalue weighted by Gasteiger charge is 2.30. The Hall–Kier alpha value is -3.58. The van der Waals surface area contributed by atoms with Crippen molar-refractivity contribution in [1.82, 2.24) is 4.90 Å². The highest BCUT2D eigenvalue weighted by atomic mass is 19.1. The highest BCUT2D eigenvalue weighted by molar-refractivity contribution is 6.17. The number of nitrogens with zero attached hydrogens (tertiary/aromatic N) is 1. The number of amides is 2. The number of anilines is 1. The van der Waals surface area contributed by atoms with Crippen molar-refractivity contribution in [3.05, 3.63) is 83.3 Å². The van der Waals surface area contributed by atoms with E-state index < -0.39 is 11.8 Å². The number of nitrogens with one attached hydrogen (secondary N) is 1. The first kappa shape index (κ1) is 19.2. The van der Waals surface area contributed by atoms with Gasteiger partial charge in [0.1, 0.15) is 11.5 Å². The molecule has 2 amide bonds. The molecule has 2 N–H and O–H groups in total. The molecule has 0 radical (unpaired) electrons. The zero-order chi connectivity index (χ0) is 20.1. The van der Waals surface area contributed by atoms with E-state index >= 15 is 0 Å². The zero-order valence-corrected chi connectivity index (χ0v) is 14.8. The Balaban J connectivity index is 1.64. The van der Waals surface area contributed by atoms with Crippen LogP contribution in [0.2, 0.25) is 0 Å². The lowest BCUT2D eigenvalue weighted by molar-refractivity contribution is -0.137. The first-order chi connectivity index (χ1) is 13.5. The van der Waals surface area contributed by atoms with Crippen molar-refractivity contribution in [2.45, 2.75) is 0 Å². The lowest BCUT2D eigenvalue weighted by atomic mass is 10.1. The van der Waals surface area contributed by atoms with E-state index in [9.17, 15) is 18.8 Å². The van der Waals surface area contributed by atoms with Crippen LogP contribution >= 0.6 is 0 Å². The minimum Gasteiger partial charge on any atom is -0.395 e. The van der Waals surface area contributed by atoms with E-state index in [1.165, 1.54) is 24.3 Å². The van der Waals surface area contributed by atoms with Gasteiger partial charge in [0.15, 0.2) is 5.78 Å². The van der Waals surface area contributed by atoms with Gasteiger partial charge < -0.3 is 10.4 Å². The molecule has 0 bridgehead atoms. The second kappa shape index (κ2) is 8.41. The molecule has 0 fully saturated rings. The van der Waals surface area contributed by atoms with Gasteiger partial charge in [0.05, 0.1) is 13.2 Å². The van der Waals surface area contributed by atoms with Crippen LogP contribution < -0.4 is 5.32 Å². The number of β-amino-alcohol motifs (C(OH)–C–C–N with tert-alkyl or cyclic N) is 1. The lowest BCUT2D eigenvalue weighted by Crippen LogP contribution is -2.34. The SMILES string of the molecule is O=C(C=Cc1ccc(F)cc1)c1ccc(NC2=CC(=O)N(CCO)C2=O)cc1. The third kappa shape index (κ3) is 4.39. The molecule has 0 atom stereocenters. The van der Waals surface area contributed by atoms with Crippen LogP contribution in [0.5, 0.6) is 0 Å². The summed E-state index contributed by atoms with van der Waals surface area (Å²) >= 11 is 0. The van der Waals surface area contributed by atoms with Gasteiger partial charge in [-0.15, -0.1) is 0 Å². The molecule has 0 unspecified atom stereocenters. The summed E-state index contributed by atoms with van der Waals surface area (Å²) in [6, 6.07) is 12.2. The molecule has 3 rings (SSSR count). The lowest BCUT2D eigenvalue weighted by Gasteiger charge is -2.13. The number of carbonyl (C=O) groups excluding carboxylic acids is 3. The molecule has 1 aliphatic heterocycles. The molecule has 2 aromatic rings. The number of hydrogen-bond donors (Lipinski definition) is 2. The van der Waals surface area contributed by atoms with Crippen LogP contribution in [0.4, 0.5) is 10.1 Å². The molecule has 0 aromatic heterocycles. The normalized spacial score (nSPS) is 13.9. The van der Waals surface area contributed by atoms with Crippen molar-refractivity contribution in [3.8, 4) is 0 Å². The Bertz CT molecular complexity index is 963. The fraction of sp³-hybridized carbons (Fsp3) is 0.0952. The Kier molecular flexibility index (Phi) is 5.76. The molecule has 28 heavy (non-hydrogen) atoms. The van der Waals surface area contributed by atoms with Crippen LogP contribution in [0, 0.1) is 5.82 Å². The van der Waals surface area contributed by atoms with Crippen molar-refractivity contribution in [2.75, 3.05) is 18.5 Å². The number of halogens is 1. The van der Waals surface area contributed by atoms with E-state index in [1.807, 2.05) is 0 Å². The Morgan fingerprint density at radius 2 is 1.75 bits per heavy atom. The molecule has 7 heteroatoms. The molecule has 0 saturated carbocycles. The standard InChI is InChI=1S/C21H17FN2O4/c22-16-6-1-14(2-7-16)3-10-19(26)15-4-8-17(9-5-15)23-18-13-20(27)24(11-12-25)21(18)28/h1-10,13,23,25H,11-12H2. The van der Waals surface area contributed by atoms with E-state index in [1.54, 1.807) is 42.5 Å². The minimum absolute atomic E-state index is 0.0623. The van der Waals surface area contributed by atoms with Gasteiger partial charge in [-0.2, -0.15) is 0 Å². The first-order valence-electron chi connectivity index (χ1n) is 8.51. The molecule has 1 heterocycles. The summed E-state index contributed by atoms with van der Waals surface area (Å²) in [5.41, 5.74) is 1.79. The maximum Gasteiger partial charge on any atom is 0.277 e. The van der Waals surface area contributed by atoms with E-state index in [0.717, 1.165) is 4.90 Å². The van der Waals surface area contributed by atoms with Crippen LogP contribution in [-0.4, -0.2) is 40.8 Å². The van der Waals surface area contributed by atoms with Crippen molar-refractivity contribution in [3.63, 3.8) is 0 Å². The maximum absolute atomic E-state index is 12.9. The fourth-order valence-corrected chi connectivity index (χ4v) is 2.63. The average molecular weight is 380 g/mol. The maximum atomic E-state index is 12.9. The predicted octanol–water partition coefficient (Wildman–Crippen LogP) is 2.38. The zero-order valence-electron chi connectivity index (χ0n) is 14.8. The van der Waals surface area contributed by atoms with Gasteiger partial charge in [-0.25, -0.2) is 4.39 Å². The van der Waals surface area contributed by atoms with Gasteiger partial charge in [0, 0.05) is 17.3 Å². The second-order valence-corrected chi connectivity index (χ2v) is 6.03. The second-order valence-electron chi connectivity index (χ2n) is 6.03.